The number of hydrogen-bond acceptors (Lipinski definition) is 3. The SMILES string of the molecule is CCNC(=NCc1ccc(C)c(F)c1)NCc1ccc(S(C)(=O)=O)cc1.I. The Morgan fingerprint density at radius 2 is 1.70 bits per heavy atom. The highest BCUT2D eigenvalue weighted by Gasteiger charge is 2.06. The molecule has 148 valence electrons. The summed E-state index contributed by atoms with van der Waals surface area (Å²) < 4.78 is 36.6. The monoisotopic (exact) mass is 505 g/mol. The first-order valence-electron chi connectivity index (χ1n) is 8.36. The Bertz CT molecular complexity index is 884. The van der Waals surface area contributed by atoms with Crippen molar-refractivity contribution in [3.8, 4) is 0 Å². The van der Waals surface area contributed by atoms with Gasteiger partial charge >= 0.3 is 0 Å². The molecule has 0 aliphatic heterocycles. The number of aryl methyl sites for hydroxylation is 1. The Kier molecular flexibility index (Phi) is 9.17. The number of halogens is 2. The number of sulfone groups is 1. The zero-order valence-corrected chi connectivity index (χ0v) is 18.8. The average molecular weight is 505 g/mol. The molecule has 0 heterocycles. The molecule has 27 heavy (non-hydrogen) atoms. The smallest absolute Gasteiger partial charge is 0.191 e. The molecule has 0 aliphatic carbocycles. The van der Waals surface area contributed by atoms with Crippen molar-refractivity contribution in [1.82, 2.24) is 10.6 Å². The molecule has 2 N–H and O–H groups in total. The van der Waals surface area contributed by atoms with E-state index in [2.05, 4.69) is 15.6 Å². The van der Waals surface area contributed by atoms with E-state index in [0.29, 0.717) is 36.1 Å². The summed E-state index contributed by atoms with van der Waals surface area (Å²) in [6.45, 7) is 5.24. The third-order valence-electron chi connectivity index (χ3n) is 3.81. The van der Waals surface area contributed by atoms with Crippen LogP contribution in [0.25, 0.3) is 0 Å². The molecule has 0 saturated carbocycles. The summed E-state index contributed by atoms with van der Waals surface area (Å²) in [4.78, 5) is 4.75. The number of aliphatic imine (C=N–C) groups is 1. The molecule has 2 rings (SSSR count). The fraction of sp³-hybridized carbons (Fsp3) is 0.316. The third-order valence-corrected chi connectivity index (χ3v) is 4.94. The van der Waals surface area contributed by atoms with Crippen molar-refractivity contribution >= 4 is 39.8 Å². The maximum Gasteiger partial charge on any atom is 0.191 e. The molecule has 2 aromatic rings. The number of rotatable bonds is 6. The van der Waals surface area contributed by atoms with Gasteiger partial charge < -0.3 is 10.6 Å². The van der Waals surface area contributed by atoms with Gasteiger partial charge in [0.15, 0.2) is 15.8 Å². The van der Waals surface area contributed by atoms with Gasteiger partial charge in [0, 0.05) is 19.3 Å². The minimum Gasteiger partial charge on any atom is -0.357 e. The topological polar surface area (TPSA) is 70.6 Å². The molecule has 5 nitrogen and oxygen atoms in total. The highest BCUT2D eigenvalue weighted by Crippen LogP contribution is 2.11. The largest absolute Gasteiger partial charge is 0.357 e. The summed E-state index contributed by atoms with van der Waals surface area (Å²) in [5.41, 5.74) is 2.34. The molecular weight excluding hydrogens is 480 g/mol. The molecule has 0 radical (unpaired) electrons. The minimum absolute atomic E-state index is 0. The van der Waals surface area contributed by atoms with E-state index in [4.69, 9.17) is 0 Å². The molecule has 0 saturated heterocycles. The van der Waals surface area contributed by atoms with Crippen LogP contribution in [-0.2, 0) is 22.9 Å². The second kappa shape index (κ2) is 10.6. The summed E-state index contributed by atoms with van der Waals surface area (Å²) in [6.07, 6.45) is 1.18. The third kappa shape index (κ3) is 7.45. The quantitative estimate of drug-likeness (QED) is 0.359. The molecule has 0 spiro atoms. The fourth-order valence-corrected chi connectivity index (χ4v) is 2.92. The van der Waals surface area contributed by atoms with Gasteiger partial charge in [0.25, 0.3) is 0 Å². The van der Waals surface area contributed by atoms with E-state index in [0.717, 1.165) is 11.1 Å². The molecule has 0 bridgehead atoms. The first kappa shape index (κ1) is 23.4. The zero-order valence-electron chi connectivity index (χ0n) is 15.6. The Labute approximate surface area is 177 Å². The maximum atomic E-state index is 13.6. The van der Waals surface area contributed by atoms with Crippen LogP contribution in [0.4, 0.5) is 4.39 Å². The predicted octanol–water partition coefficient (Wildman–Crippen LogP) is 3.41. The fourth-order valence-electron chi connectivity index (χ4n) is 2.29. The standard InChI is InChI=1S/C19H24FN3O2S.HI/c1-4-21-19(23-13-16-6-5-14(2)18(20)11-16)22-12-15-7-9-17(10-8-15)26(3,24)25;/h5-11H,4,12-13H2,1-3H3,(H2,21,22,23);1H. The van der Waals surface area contributed by atoms with Crippen LogP contribution in [0.15, 0.2) is 52.4 Å². The molecule has 8 heteroatoms. The summed E-state index contributed by atoms with van der Waals surface area (Å²) >= 11 is 0. The summed E-state index contributed by atoms with van der Waals surface area (Å²) in [7, 11) is -3.19. The second-order valence-corrected chi connectivity index (χ2v) is 8.06. The van der Waals surface area contributed by atoms with Crippen molar-refractivity contribution in [3.63, 3.8) is 0 Å². The molecule has 0 aromatic heterocycles. The molecule has 0 aliphatic rings. The van der Waals surface area contributed by atoms with Gasteiger partial charge in [-0.15, -0.1) is 24.0 Å². The number of nitrogens with zero attached hydrogens (tertiary/aromatic N) is 1. The first-order valence-corrected chi connectivity index (χ1v) is 10.2. The van der Waals surface area contributed by atoms with Gasteiger partial charge in [-0.2, -0.15) is 0 Å². The van der Waals surface area contributed by atoms with Gasteiger partial charge in [0.05, 0.1) is 11.4 Å². The Hall–Kier alpha value is -1.68. The lowest BCUT2D eigenvalue weighted by molar-refractivity contribution is 0.602. The van der Waals surface area contributed by atoms with Crippen LogP contribution in [0.3, 0.4) is 0 Å². The van der Waals surface area contributed by atoms with E-state index in [1.165, 1.54) is 12.3 Å². The van der Waals surface area contributed by atoms with Gasteiger partial charge in [-0.05, 0) is 48.7 Å². The van der Waals surface area contributed by atoms with Crippen LogP contribution >= 0.6 is 24.0 Å². The highest BCUT2D eigenvalue weighted by molar-refractivity contribution is 14.0. The number of guanidine groups is 1. The van der Waals surface area contributed by atoms with Crippen LogP contribution < -0.4 is 10.6 Å². The zero-order chi connectivity index (χ0) is 19.2. The van der Waals surface area contributed by atoms with Crippen LogP contribution in [0.2, 0.25) is 0 Å². The Balaban J connectivity index is 0.00000364. The van der Waals surface area contributed by atoms with Crippen molar-refractivity contribution in [2.24, 2.45) is 4.99 Å². The Morgan fingerprint density at radius 3 is 2.26 bits per heavy atom. The summed E-state index contributed by atoms with van der Waals surface area (Å²) in [5.74, 6) is 0.377. The van der Waals surface area contributed by atoms with Crippen molar-refractivity contribution < 1.29 is 12.8 Å². The molecule has 0 amide bonds. The number of nitrogens with one attached hydrogen (secondary N) is 2. The molecular formula is C19H25FIN3O2S. The summed E-state index contributed by atoms with van der Waals surface area (Å²) in [6, 6.07) is 11.8. The highest BCUT2D eigenvalue weighted by atomic mass is 127. The lowest BCUT2D eigenvalue weighted by Crippen LogP contribution is -2.36. The maximum absolute atomic E-state index is 13.6. The van der Waals surface area contributed by atoms with Crippen molar-refractivity contribution in [2.45, 2.75) is 31.8 Å². The Morgan fingerprint density at radius 1 is 1.07 bits per heavy atom. The lowest BCUT2D eigenvalue weighted by atomic mass is 10.1. The molecule has 0 fully saturated rings. The van der Waals surface area contributed by atoms with Crippen LogP contribution in [0, 0.1) is 12.7 Å². The van der Waals surface area contributed by atoms with Crippen LogP contribution in [-0.4, -0.2) is 27.2 Å². The van der Waals surface area contributed by atoms with E-state index in [9.17, 15) is 12.8 Å². The molecule has 0 unspecified atom stereocenters. The van der Waals surface area contributed by atoms with Crippen LogP contribution in [0.1, 0.15) is 23.6 Å². The number of hydrogen-bond donors (Lipinski definition) is 2. The van der Waals surface area contributed by atoms with Crippen molar-refractivity contribution in [3.05, 3.63) is 65.0 Å². The van der Waals surface area contributed by atoms with Gasteiger partial charge in [-0.1, -0.05) is 24.3 Å². The summed E-state index contributed by atoms with van der Waals surface area (Å²) in [5, 5.41) is 6.32. The predicted molar refractivity (Wildman–Crippen MR) is 118 cm³/mol. The van der Waals surface area contributed by atoms with Gasteiger partial charge in [-0.25, -0.2) is 17.8 Å². The second-order valence-electron chi connectivity index (χ2n) is 6.05. The van der Waals surface area contributed by atoms with Gasteiger partial charge in [0.2, 0.25) is 0 Å². The minimum atomic E-state index is -3.19. The lowest BCUT2D eigenvalue weighted by Gasteiger charge is -2.12. The van der Waals surface area contributed by atoms with E-state index in [1.54, 1.807) is 37.3 Å². The van der Waals surface area contributed by atoms with Gasteiger partial charge in [0.1, 0.15) is 5.82 Å². The first-order chi connectivity index (χ1) is 12.3. The van der Waals surface area contributed by atoms with Gasteiger partial charge in [-0.3, -0.25) is 0 Å². The van der Waals surface area contributed by atoms with Crippen molar-refractivity contribution in [2.75, 3.05) is 12.8 Å². The van der Waals surface area contributed by atoms with E-state index in [1.807, 2.05) is 13.0 Å². The van der Waals surface area contributed by atoms with Crippen LogP contribution in [0.5, 0.6) is 0 Å². The molecule has 0 atom stereocenters. The normalized spacial score (nSPS) is 11.6. The van der Waals surface area contributed by atoms with E-state index < -0.39 is 9.84 Å². The molecule has 2 aromatic carbocycles. The van der Waals surface area contributed by atoms with E-state index in [-0.39, 0.29) is 29.8 Å². The number of benzene rings is 2. The van der Waals surface area contributed by atoms with E-state index >= 15 is 0 Å². The van der Waals surface area contributed by atoms with Crippen molar-refractivity contribution in [1.29, 1.82) is 0 Å². The average Bonchev–Trinajstić information content (AvgIpc) is 2.60.